The Balaban J connectivity index is 1.16. The second-order valence-electron chi connectivity index (χ2n) is 11.6. The zero-order chi connectivity index (χ0) is 32.8. The number of amides is 2. The molecule has 1 aliphatic heterocycles. The van der Waals surface area contributed by atoms with E-state index in [2.05, 4.69) is 69.0 Å². The van der Waals surface area contributed by atoms with Crippen LogP contribution >= 0.6 is 11.8 Å². The third-order valence-corrected chi connectivity index (χ3v) is 8.69. The molecule has 2 unspecified atom stereocenters. The Bertz CT molecular complexity index is 1650. The van der Waals surface area contributed by atoms with Gasteiger partial charge in [-0.2, -0.15) is 4.99 Å². The number of amidine groups is 1. The predicted octanol–water partition coefficient (Wildman–Crippen LogP) is 8.38. The van der Waals surface area contributed by atoms with Crippen LogP contribution < -0.4 is 15.0 Å². The fraction of sp³-hybridized carbons (Fsp3) is 0.353. The van der Waals surface area contributed by atoms with Crippen LogP contribution in [0.15, 0.2) is 84.1 Å². The topological polar surface area (TPSA) is 84.6 Å². The van der Waals surface area contributed by atoms with Crippen molar-refractivity contribution in [2.75, 3.05) is 10.7 Å². The number of para-hydroxylation sites is 1. The smallest absolute Gasteiger partial charge is 0.406 e. The molecule has 3 aromatic carbocycles. The molecular formula is C34H37F3N6O2S. The Morgan fingerprint density at radius 1 is 1.07 bits per heavy atom. The molecule has 12 heteroatoms. The number of carbonyl (C=O) groups excluding carboxylic acids is 1. The van der Waals surface area contributed by atoms with Crippen molar-refractivity contribution < 1.29 is 22.7 Å². The third-order valence-electron chi connectivity index (χ3n) is 7.70. The van der Waals surface area contributed by atoms with E-state index in [1.165, 1.54) is 40.8 Å². The number of thioether (sulfide) groups is 1. The summed E-state index contributed by atoms with van der Waals surface area (Å²) in [5.41, 5.74) is 4.80. The van der Waals surface area contributed by atoms with Crippen LogP contribution in [0.25, 0.3) is 17.1 Å². The van der Waals surface area contributed by atoms with Crippen molar-refractivity contribution in [3.8, 4) is 22.8 Å². The first-order valence-corrected chi connectivity index (χ1v) is 16.2. The van der Waals surface area contributed by atoms with E-state index in [0.717, 1.165) is 47.0 Å². The second kappa shape index (κ2) is 14.4. The molecule has 0 saturated carbocycles. The number of halogens is 3. The lowest BCUT2D eigenvalue weighted by molar-refractivity contribution is -0.274. The monoisotopic (exact) mass is 650 g/mol. The van der Waals surface area contributed by atoms with Gasteiger partial charge in [0.1, 0.15) is 12.1 Å². The standard InChI is InChI=1S/C34H37F3N6O2S/c1-22(2)29-7-5-6-8-30(29)43-24(4)19-20-46-33(43)40-32(44)39-23(3)9-10-25-11-13-26(14-12-25)31-38-21-42(41-31)27-15-17-28(18-16-27)45-34(35,36)37/h5-8,11-18,21-24H,9-10,19-20H2,1-4H3,(H,39,44)/b40-33-. The highest BCUT2D eigenvalue weighted by Gasteiger charge is 2.31. The zero-order valence-corrected chi connectivity index (χ0v) is 27.0. The summed E-state index contributed by atoms with van der Waals surface area (Å²) >= 11 is 1.62. The van der Waals surface area contributed by atoms with Gasteiger partial charge >= 0.3 is 12.4 Å². The Morgan fingerprint density at radius 3 is 2.48 bits per heavy atom. The molecule has 0 spiro atoms. The SMILES string of the molecule is CC(CCc1ccc(-c2ncn(-c3ccc(OC(F)(F)F)cc3)n2)cc1)NC(=O)/N=C1\SCCC(C)N1c1ccccc1C(C)C. The number of ether oxygens (including phenoxy) is 1. The van der Waals surface area contributed by atoms with Gasteiger partial charge in [-0.05, 0) is 80.5 Å². The third kappa shape index (κ3) is 8.48. The van der Waals surface area contributed by atoms with Crippen molar-refractivity contribution in [1.82, 2.24) is 20.1 Å². The summed E-state index contributed by atoms with van der Waals surface area (Å²) < 4.78 is 42.7. The van der Waals surface area contributed by atoms with Gasteiger partial charge in [0.25, 0.3) is 0 Å². The number of aliphatic imine (C=N–C) groups is 1. The van der Waals surface area contributed by atoms with Gasteiger partial charge in [0.2, 0.25) is 0 Å². The molecule has 46 heavy (non-hydrogen) atoms. The first kappa shape index (κ1) is 33.1. The Hall–Kier alpha value is -4.32. The normalized spacial score (nSPS) is 16.9. The largest absolute Gasteiger partial charge is 0.573 e. The highest BCUT2D eigenvalue weighted by molar-refractivity contribution is 8.14. The van der Waals surface area contributed by atoms with E-state index in [1.807, 2.05) is 37.3 Å². The van der Waals surface area contributed by atoms with Crippen molar-refractivity contribution in [2.24, 2.45) is 4.99 Å². The molecule has 1 fully saturated rings. The molecule has 242 valence electrons. The fourth-order valence-corrected chi connectivity index (χ4v) is 6.46. The molecule has 8 nitrogen and oxygen atoms in total. The Kier molecular flexibility index (Phi) is 10.4. The zero-order valence-electron chi connectivity index (χ0n) is 26.2. The van der Waals surface area contributed by atoms with Gasteiger partial charge in [0.05, 0.1) is 5.69 Å². The molecule has 1 N–H and O–H groups in total. The van der Waals surface area contributed by atoms with E-state index >= 15 is 0 Å². The summed E-state index contributed by atoms with van der Waals surface area (Å²) in [5, 5.41) is 8.23. The van der Waals surface area contributed by atoms with Crippen LogP contribution in [0.1, 0.15) is 57.6 Å². The summed E-state index contributed by atoms with van der Waals surface area (Å²) in [4.78, 5) is 24.1. The number of urea groups is 1. The lowest BCUT2D eigenvalue weighted by atomic mass is 9.99. The summed E-state index contributed by atoms with van der Waals surface area (Å²) in [5.74, 6) is 1.45. The van der Waals surface area contributed by atoms with Crippen LogP contribution in [0, 0.1) is 0 Å². The van der Waals surface area contributed by atoms with E-state index in [4.69, 9.17) is 0 Å². The maximum Gasteiger partial charge on any atom is 0.573 e. The molecule has 5 rings (SSSR count). The first-order chi connectivity index (χ1) is 22.0. The van der Waals surface area contributed by atoms with Crippen molar-refractivity contribution in [2.45, 2.75) is 71.3 Å². The van der Waals surface area contributed by atoms with E-state index < -0.39 is 6.36 Å². The number of hydrogen-bond acceptors (Lipinski definition) is 5. The molecule has 1 saturated heterocycles. The number of nitrogens with zero attached hydrogens (tertiary/aromatic N) is 5. The molecule has 1 aromatic heterocycles. The average molecular weight is 651 g/mol. The van der Waals surface area contributed by atoms with Gasteiger partial charge in [-0.3, -0.25) is 0 Å². The fourth-order valence-electron chi connectivity index (χ4n) is 5.26. The van der Waals surface area contributed by atoms with Crippen molar-refractivity contribution >= 4 is 28.6 Å². The lowest BCUT2D eigenvalue weighted by Gasteiger charge is -2.37. The van der Waals surface area contributed by atoms with Gasteiger partial charge in [0, 0.05) is 29.1 Å². The number of aryl methyl sites for hydroxylation is 1. The number of carbonyl (C=O) groups is 1. The van der Waals surface area contributed by atoms with Gasteiger partial charge in [0.15, 0.2) is 11.0 Å². The number of nitrogens with one attached hydrogen (secondary N) is 1. The van der Waals surface area contributed by atoms with Gasteiger partial charge in [-0.25, -0.2) is 14.5 Å². The number of anilines is 1. The quantitative estimate of drug-likeness (QED) is 0.196. The molecule has 1 aliphatic rings. The Morgan fingerprint density at radius 2 is 1.78 bits per heavy atom. The maximum absolute atomic E-state index is 13.0. The Labute approximate surface area is 271 Å². The van der Waals surface area contributed by atoms with Crippen molar-refractivity contribution in [3.05, 3.63) is 90.3 Å². The van der Waals surface area contributed by atoms with Gasteiger partial charge in [-0.1, -0.05) is 68.1 Å². The highest BCUT2D eigenvalue weighted by atomic mass is 32.2. The second-order valence-corrected chi connectivity index (χ2v) is 12.7. The number of aromatic nitrogens is 3. The van der Waals surface area contributed by atoms with Gasteiger partial charge < -0.3 is 15.0 Å². The van der Waals surface area contributed by atoms with E-state index in [1.54, 1.807) is 11.8 Å². The average Bonchev–Trinajstić information content (AvgIpc) is 3.50. The highest BCUT2D eigenvalue weighted by Crippen LogP contribution is 2.34. The molecule has 2 atom stereocenters. The summed E-state index contributed by atoms with van der Waals surface area (Å²) in [6, 6.07) is 21.4. The maximum atomic E-state index is 13.0. The van der Waals surface area contributed by atoms with Crippen molar-refractivity contribution in [3.63, 3.8) is 0 Å². The lowest BCUT2D eigenvalue weighted by Crippen LogP contribution is -2.43. The summed E-state index contributed by atoms with van der Waals surface area (Å²) in [6.45, 7) is 8.51. The molecule has 0 aliphatic carbocycles. The summed E-state index contributed by atoms with van der Waals surface area (Å²) in [6.07, 6.45) is -0.730. The van der Waals surface area contributed by atoms with E-state index in [0.29, 0.717) is 17.4 Å². The van der Waals surface area contributed by atoms with Gasteiger partial charge in [-0.15, -0.1) is 18.3 Å². The number of hydrogen-bond donors (Lipinski definition) is 1. The first-order valence-electron chi connectivity index (χ1n) is 15.2. The van der Waals surface area contributed by atoms with Crippen LogP contribution in [-0.2, 0) is 6.42 Å². The van der Waals surface area contributed by atoms with E-state index in [9.17, 15) is 18.0 Å². The molecule has 2 amide bonds. The van der Waals surface area contributed by atoms with Crippen LogP contribution in [0.5, 0.6) is 5.75 Å². The van der Waals surface area contributed by atoms with Crippen LogP contribution in [0.3, 0.4) is 0 Å². The molecule has 2 heterocycles. The number of benzene rings is 3. The molecule has 4 aromatic rings. The summed E-state index contributed by atoms with van der Waals surface area (Å²) in [7, 11) is 0. The molecule has 0 bridgehead atoms. The van der Waals surface area contributed by atoms with Crippen LogP contribution in [-0.4, -0.2) is 50.2 Å². The van der Waals surface area contributed by atoms with Crippen LogP contribution in [0.4, 0.5) is 23.7 Å². The molecular weight excluding hydrogens is 613 g/mol. The predicted molar refractivity (Wildman–Crippen MR) is 177 cm³/mol. The van der Waals surface area contributed by atoms with Crippen LogP contribution in [0.2, 0.25) is 0 Å². The number of alkyl halides is 3. The number of rotatable bonds is 9. The minimum atomic E-state index is -4.74. The van der Waals surface area contributed by atoms with E-state index in [-0.39, 0.29) is 23.9 Å². The minimum absolute atomic E-state index is 0.0794. The molecule has 0 radical (unpaired) electrons. The minimum Gasteiger partial charge on any atom is -0.406 e. The van der Waals surface area contributed by atoms with Crippen molar-refractivity contribution in [1.29, 1.82) is 0 Å².